The van der Waals surface area contributed by atoms with E-state index in [1.165, 1.54) is 7.11 Å². The van der Waals surface area contributed by atoms with Gasteiger partial charge in [0.05, 0.1) is 33.9 Å². The molecule has 2 unspecified atom stereocenters. The van der Waals surface area contributed by atoms with Crippen LogP contribution in [0.3, 0.4) is 0 Å². The quantitative estimate of drug-likeness (QED) is 0.292. The molecule has 0 amide bonds. The summed E-state index contributed by atoms with van der Waals surface area (Å²) in [6.45, 7) is -0.0342. The van der Waals surface area contributed by atoms with Crippen LogP contribution in [-0.4, -0.2) is 49.9 Å². The Labute approximate surface area is 214 Å². The minimum atomic E-state index is -0.497. The fourth-order valence-corrected chi connectivity index (χ4v) is 4.96. The summed E-state index contributed by atoms with van der Waals surface area (Å²) in [7, 11) is 4.66. The van der Waals surface area contributed by atoms with Gasteiger partial charge in [-0.15, -0.1) is 0 Å². The molecule has 194 valence electrons. The number of phenolic OH excluding ortho intramolecular Hbond substituents is 1. The number of hydrogen-bond donors (Lipinski definition) is 3. The van der Waals surface area contributed by atoms with Crippen molar-refractivity contribution in [2.24, 2.45) is 0 Å². The molecule has 0 radical (unpaired) electrons. The smallest absolute Gasteiger partial charge is 0.176 e. The third-order valence-corrected chi connectivity index (χ3v) is 6.81. The fraction of sp³-hybridized carbons (Fsp3) is 0.310. The van der Waals surface area contributed by atoms with Gasteiger partial charge < -0.3 is 38.7 Å². The minimum absolute atomic E-state index is 0.0296. The maximum absolute atomic E-state index is 10.4. The van der Waals surface area contributed by atoms with Crippen LogP contribution in [0.5, 0.6) is 28.7 Å². The number of aromatic hydroxyl groups is 1. The van der Waals surface area contributed by atoms with E-state index in [1.807, 2.05) is 30.3 Å². The fourth-order valence-electron chi connectivity index (χ4n) is 4.96. The predicted molar refractivity (Wildman–Crippen MR) is 138 cm³/mol. The van der Waals surface area contributed by atoms with Crippen LogP contribution in [0.15, 0.2) is 52.9 Å². The molecule has 5 rings (SSSR count). The van der Waals surface area contributed by atoms with Gasteiger partial charge in [0.15, 0.2) is 34.3 Å². The topological polar surface area (TPSA) is 111 Å². The first-order chi connectivity index (χ1) is 18.0. The molecular weight excluding hydrogens is 476 g/mol. The Hall–Kier alpha value is -3.88. The van der Waals surface area contributed by atoms with Gasteiger partial charge in [-0.1, -0.05) is 6.07 Å². The van der Waals surface area contributed by atoms with Crippen LogP contribution < -0.4 is 18.9 Å². The highest BCUT2D eigenvalue weighted by Gasteiger charge is 2.38. The molecule has 0 bridgehead atoms. The maximum Gasteiger partial charge on any atom is 0.176 e. The Bertz CT molecular complexity index is 1420. The van der Waals surface area contributed by atoms with E-state index in [4.69, 9.17) is 23.4 Å². The Morgan fingerprint density at radius 3 is 2.35 bits per heavy atom. The van der Waals surface area contributed by atoms with Crippen LogP contribution in [0.1, 0.15) is 35.1 Å². The van der Waals surface area contributed by atoms with Crippen molar-refractivity contribution < 1.29 is 38.7 Å². The number of aryl methyl sites for hydroxylation is 1. The van der Waals surface area contributed by atoms with Crippen LogP contribution in [0.4, 0.5) is 0 Å². The number of benzene rings is 3. The van der Waals surface area contributed by atoms with Crippen LogP contribution in [0, 0.1) is 0 Å². The van der Waals surface area contributed by atoms with E-state index in [9.17, 15) is 15.3 Å². The molecule has 3 aromatic carbocycles. The summed E-state index contributed by atoms with van der Waals surface area (Å²) < 4.78 is 29.1. The molecule has 1 aliphatic heterocycles. The summed E-state index contributed by atoms with van der Waals surface area (Å²) in [4.78, 5) is 0. The molecule has 2 atom stereocenters. The molecule has 1 aromatic heterocycles. The normalized spacial score (nSPS) is 16.5. The van der Waals surface area contributed by atoms with Gasteiger partial charge in [0.2, 0.25) is 0 Å². The average molecular weight is 507 g/mol. The molecule has 3 N–H and O–H groups in total. The number of ether oxygens (including phenoxy) is 4. The number of fused-ring (bicyclic) bond motifs is 2. The van der Waals surface area contributed by atoms with Gasteiger partial charge in [-0.2, -0.15) is 0 Å². The van der Waals surface area contributed by atoms with Crippen molar-refractivity contribution in [3.05, 3.63) is 65.2 Å². The summed E-state index contributed by atoms with van der Waals surface area (Å²) in [5, 5.41) is 30.5. The van der Waals surface area contributed by atoms with Crippen molar-refractivity contribution in [3.8, 4) is 40.1 Å². The molecule has 0 saturated carbocycles. The molecule has 8 heteroatoms. The number of phenols is 1. The number of aliphatic hydroxyl groups excluding tert-OH is 2. The van der Waals surface area contributed by atoms with Crippen molar-refractivity contribution in [2.75, 3.05) is 34.5 Å². The molecule has 4 aromatic rings. The van der Waals surface area contributed by atoms with Crippen molar-refractivity contribution in [2.45, 2.75) is 24.9 Å². The number of rotatable bonds is 9. The summed E-state index contributed by atoms with van der Waals surface area (Å²) in [6.07, 6.45) is 0.899. The van der Waals surface area contributed by atoms with Gasteiger partial charge in [0.1, 0.15) is 11.9 Å². The van der Waals surface area contributed by atoms with E-state index < -0.39 is 6.10 Å². The summed E-state index contributed by atoms with van der Waals surface area (Å²) in [5.74, 6) is 2.32. The largest absolute Gasteiger partial charge is 0.504 e. The van der Waals surface area contributed by atoms with Gasteiger partial charge in [-0.05, 0) is 66.4 Å². The maximum atomic E-state index is 10.4. The van der Waals surface area contributed by atoms with Crippen molar-refractivity contribution in [3.63, 3.8) is 0 Å². The third-order valence-electron chi connectivity index (χ3n) is 6.81. The van der Waals surface area contributed by atoms with Crippen molar-refractivity contribution >= 4 is 11.0 Å². The van der Waals surface area contributed by atoms with Gasteiger partial charge in [0.25, 0.3) is 0 Å². The lowest BCUT2D eigenvalue weighted by Crippen LogP contribution is -2.13. The minimum Gasteiger partial charge on any atom is -0.504 e. The van der Waals surface area contributed by atoms with E-state index in [0.29, 0.717) is 40.8 Å². The average Bonchev–Trinajstić information content (AvgIpc) is 3.52. The van der Waals surface area contributed by atoms with Gasteiger partial charge in [-0.25, -0.2) is 0 Å². The van der Waals surface area contributed by atoms with Crippen molar-refractivity contribution in [1.82, 2.24) is 0 Å². The standard InChI is InChI=1S/C29H30O8/c1-33-24-12-17(6-7-22(24)32)27-21(15-31)20-11-18(13-26(35-3)29(20)37-27)23-14-19-9-16(5-4-8-30)10-25(34-2)28(19)36-23/h6-7,9-14,21,27,30-32H,4-5,8,15H2,1-3H3. The molecule has 2 heterocycles. The molecular formula is C29H30O8. The zero-order valence-electron chi connectivity index (χ0n) is 21.0. The Morgan fingerprint density at radius 2 is 1.65 bits per heavy atom. The first-order valence-electron chi connectivity index (χ1n) is 12.1. The molecule has 0 fully saturated rings. The second-order valence-electron chi connectivity index (χ2n) is 9.01. The number of hydrogen-bond acceptors (Lipinski definition) is 8. The first kappa shape index (κ1) is 24.8. The zero-order valence-corrected chi connectivity index (χ0v) is 21.0. The van der Waals surface area contributed by atoms with Crippen LogP contribution in [-0.2, 0) is 6.42 Å². The molecule has 8 nitrogen and oxygen atoms in total. The Morgan fingerprint density at radius 1 is 0.865 bits per heavy atom. The molecule has 1 aliphatic rings. The second-order valence-corrected chi connectivity index (χ2v) is 9.01. The highest BCUT2D eigenvalue weighted by Crippen LogP contribution is 2.52. The summed E-state index contributed by atoms with van der Waals surface area (Å²) in [5.41, 5.74) is 4.02. The number of methoxy groups -OCH3 is 3. The Balaban J connectivity index is 1.57. The molecule has 37 heavy (non-hydrogen) atoms. The van der Waals surface area contributed by atoms with Gasteiger partial charge in [-0.3, -0.25) is 0 Å². The van der Waals surface area contributed by atoms with Crippen LogP contribution in [0.2, 0.25) is 0 Å². The monoisotopic (exact) mass is 506 g/mol. The van der Waals surface area contributed by atoms with E-state index in [0.717, 1.165) is 34.1 Å². The van der Waals surface area contributed by atoms with Gasteiger partial charge in [0, 0.05) is 23.1 Å². The lowest BCUT2D eigenvalue weighted by molar-refractivity contribution is 0.157. The molecule has 0 aliphatic carbocycles. The zero-order chi connectivity index (χ0) is 26.1. The van der Waals surface area contributed by atoms with E-state index in [1.54, 1.807) is 32.4 Å². The second kappa shape index (κ2) is 10.2. The van der Waals surface area contributed by atoms with E-state index >= 15 is 0 Å². The third kappa shape index (κ3) is 4.43. The molecule has 0 spiro atoms. The van der Waals surface area contributed by atoms with Crippen molar-refractivity contribution in [1.29, 1.82) is 0 Å². The highest BCUT2D eigenvalue weighted by molar-refractivity contribution is 5.88. The SMILES string of the molecule is COc1cc(C2Oc3c(OC)cc(-c4cc5cc(CCCO)cc(OC)c5o4)cc3C2CO)ccc1O. The number of aliphatic hydroxyl groups is 2. The molecule has 0 saturated heterocycles. The summed E-state index contributed by atoms with van der Waals surface area (Å²) in [6, 6.07) is 14.7. The van der Waals surface area contributed by atoms with Gasteiger partial charge >= 0.3 is 0 Å². The number of furan rings is 1. The Kier molecular flexibility index (Phi) is 6.86. The first-order valence-corrected chi connectivity index (χ1v) is 12.1. The van der Waals surface area contributed by atoms with E-state index in [2.05, 4.69) is 0 Å². The predicted octanol–water partition coefficient (Wildman–Crippen LogP) is 4.97. The summed E-state index contributed by atoms with van der Waals surface area (Å²) >= 11 is 0. The lowest BCUT2D eigenvalue weighted by Gasteiger charge is -2.18. The van der Waals surface area contributed by atoms with Crippen LogP contribution in [0.25, 0.3) is 22.3 Å². The van der Waals surface area contributed by atoms with E-state index in [-0.39, 0.29) is 24.9 Å². The lowest BCUT2D eigenvalue weighted by atomic mass is 9.90. The highest BCUT2D eigenvalue weighted by atomic mass is 16.5. The van der Waals surface area contributed by atoms with Crippen LogP contribution >= 0.6 is 0 Å².